The number of benzene rings is 2. The Labute approximate surface area is 131 Å². The summed E-state index contributed by atoms with van der Waals surface area (Å²) in [6, 6.07) is 14.1. The standard InChI is InChI=1S/C16H12BrClN2/c1-2-10-3-5-11(6-4-10)16-19-14-8-7-12(17)9-13(14)15(18)20-16/h3-9H,2H2,1H3. The highest BCUT2D eigenvalue weighted by Crippen LogP contribution is 2.27. The lowest BCUT2D eigenvalue weighted by Crippen LogP contribution is -1.92. The van der Waals surface area contributed by atoms with E-state index in [9.17, 15) is 0 Å². The maximum absolute atomic E-state index is 6.27. The van der Waals surface area contributed by atoms with Crippen molar-refractivity contribution in [3.8, 4) is 11.4 Å². The summed E-state index contributed by atoms with van der Waals surface area (Å²) in [4.78, 5) is 8.99. The summed E-state index contributed by atoms with van der Waals surface area (Å²) in [7, 11) is 0. The highest BCUT2D eigenvalue weighted by atomic mass is 79.9. The molecule has 1 heterocycles. The second-order valence-electron chi connectivity index (χ2n) is 4.55. The van der Waals surface area contributed by atoms with Crippen LogP contribution in [0.15, 0.2) is 46.9 Å². The molecule has 3 rings (SSSR count). The van der Waals surface area contributed by atoms with Gasteiger partial charge in [-0.15, -0.1) is 0 Å². The van der Waals surface area contributed by atoms with E-state index in [1.54, 1.807) is 0 Å². The molecule has 0 aliphatic heterocycles. The van der Waals surface area contributed by atoms with Crippen molar-refractivity contribution in [1.29, 1.82) is 0 Å². The molecule has 100 valence electrons. The van der Waals surface area contributed by atoms with Gasteiger partial charge >= 0.3 is 0 Å². The summed E-state index contributed by atoms with van der Waals surface area (Å²) in [5.41, 5.74) is 3.13. The molecular formula is C16H12BrClN2. The van der Waals surface area contributed by atoms with E-state index in [0.29, 0.717) is 11.0 Å². The quantitative estimate of drug-likeness (QED) is 0.590. The zero-order chi connectivity index (χ0) is 14.1. The minimum absolute atomic E-state index is 0.478. The molecule has 0 unspecified atom stereocenters. The van der Waals surface area contributed by atoms with Gasteiger partial charge in [0.15, 0.2) is 5.82 Å². The summed E-state index contributed by atoms with van der Waals surface area (Å²) in [6.07, 6.45) is 1.02. The monoisotopic (exact) mass is 346 g/mol. The number of rotatable bonds is 2. The van der Waals surface area contributed by atoms with Crippen LogP contribution < -0.4 is 0 Å². The number of nitrogens with zero attached hydrogens (tertiary/aromatic N) is 2. The van der Waals surface area contributed by atoms with Crippen LogP contribution in [0.4, 0.5) is 0 Å². The predicted molar refractivity (Wildman–Crippen MR) is 87.1 cm³/mol. The van der Waals surface area contributed by atoms with E-state index in [1.807, 2.05) is 30.3 Å². The molecule has 1 aromatic heterocycles. The lowest BCUT2D eigenvalue weighted by molar-refractivity contribution is 1.14. The van der Waals surface area contributed by atoms with Crippen molar-refractivity contribution >= 4 is 38.4 Å². The summed E-state index contributed by atoms with van der Waals surface area (Å²) >= 11 is 9.70. The van der Waals surface area contributed by atoms with Crippen LogP contribution in [0.25, 0.3) is 22.3 Å². The van der Waals surface area contributed by atoms with E-state index < -0.39 is 0 Å². The zero-order valence-corrected chi connectivity index (χ0v) is 13.2. The number of hydrogen-bond acceptors (Lipinski definition) is 2. The lowest BCUT2D eigenvalue weighted by Gasteiger charge is -2.06. The van der Waals surface area contributed by atoms with E-state index in [0.717, 1.165) is 27.4 Å². The maximum atomic E-state index is 6.27. The average Bonchev–Trinajstić information content (AvgIpc) is 2.48. The van der Waals surface area contributed by atoms with Gasteiger partial charge in [-0.3, -0.25) is 0 Å². The molecule has 0 bridgehead atoms. The van der Waals surface area contributed by atoms with E-state index in [4.69, 9.17) is 11.6 Å². The molecule has 3 aromatic rings. The molecule has 4 heteroatoms. The van der Waals surface area contributed by atoms with Crippen LogP contribution in [0.1, 0.15) is 12.5 Å². The molecule has 0 atom stereocenters. The van der Waals surface area contributed by atoms with Crippen molar-refractivity contribution in [2.24, 2.45) is 0 Å². The smallest absolute Gasteiger partial charge is 0.161 e. The molecule has 0 aliphatic carbocycles. The van der Waals surface area contributed by atoms with Gasteiger partial charge in [0.05, 0.1) is 5.52 Å². The van der Waals surface area contributed by atoms with Crippen molar-refractivity contribution in [3.05, 3.63) is 57.7 Å². The van der Waals surface area contributed by atoms with E-state index >= 15 is 0 Å². The second kappa shape index (κ2) is 5.51. The highest BCUT2D eigenvalue weighted by Gasteiger charge is 2.08. The van der Waals surface area contributed by atoms with Crippen LogP contribution in [0, 0.1) is 0 Å². The molecule has 0 radical (unpaired) electrons. The van der Waals surface area contributed by atoms with Gasteiger partial charge in [-0.25, -0.2) is 9.97 Å². The fraction of sp³-hybridized carbons (Fsp3) is 0.125. The molecule has 20 heavy (non-hydrogen) atoms. The Morgan fingerprint density at radius 3 is 2.50 bits per heavy atom. The van der Waals surface area contributed by atoms with Gasteiger partial charge in [0, 0.05) is 15.4 Å². The first-order valence-corrected chi connectivity index (χ1v) is 7.56. The fourth-order valence-electron chi connectivity index (χ4n) is 2.08. The van der Waals surface area contributed by atoms with E-state index in [-0.39, 0.29) is 0 Å². The maximum Gasteiger partial charge on any atom is 0.161 e. The van der Waals surface area contributed by atoms with Gasteiger partial charge in [0.2, 0.25) is 0 Å². The molecule has 0 fully saturated rings. The van der Waals surface area contributed by atoms with Gasteiger partial charge in [-0.05, 0) is 30.2 Å². The van der Waals surface area contributed by atoms with Crippen molar-refractivity contribution in [1.82, 2.24) is 9.97 Å². The summed E-state index contributed by atoms with van der Waals surface area (Å²) in [6.45, 7) is 2.14. The Balaban J connectivity index is 2.14. The Hall–Kier alpha value is -1.45. The molecule has 0 saturated carbocycles. The van der Waals surface area contributed by atoms with Gasteiger partial charge in [-0.1, -0.05) is 58.7 Å². The molecule has 2 nitrogen and oxygen atoms in total. The molecule has 0 spiro atoms. The van der Waals surface area contributed by atoms with Crippen LogP contribution in [-0.4, -0.2) is 9.97 Å². The Kier molecular flexibility index (Phi) is 3.72. The molecule has 0 N–H and O–H groups in total. The van der Waals surface area contributed by atoms with Crippen molar-refractivity contribution in [2.45, 2.75) is 13.3 Å². The van der Waals surface area contributed by atoms with Gasteiger partial charge in [0.1, 0.15) is 5.15 Å². The summed E-state index contributed by atoms with van der Waals surface area (Å²) in [5.74, 6) is 0.660. The summed E-state index contributed by atoms with van der Waals surface area (Å²) < 4.78 is 0.968. The molecule has 2 aromatic carbocycles. The third-order valence-corrected chi connectivity index (χ3v) is 4.01. The first-order valence-electron chi connectivity index (χ1n) is 6.39. The van der Waals surface area contributed by atoms with Crippen LogP contribution >= 0.6 is 27.5 Å². The largest absolute Gasteiger partial charge is 0.228 e. The predicted octanol–water partition coefficient (Wildman–Crippen LogP) is 5.28. The first-order chi connectivity index (χ1) is 9.67. The Bertz CT molecular complexity index is 769. The van der Waals surface area contributed by atoms with E-state index in [1.165, 1.54) is 5.56 Å². The number of halogens is 2. The van der Waals surface area contributed by atoms with Crippen LogP contribution in [0.3, 0.4) is 0 Å². The Morgan fingerprint density at radius 1 is 1.05 bits per heavy atom. The molecule has 0 amide bonds. The highest BCUT2D eigenvalue weighted by molar-refractivity contribution is 9.10. The van der Waals surface area contributed by atoms with Crippen molar-refractivity contribution in [2.75, 3.05) is 0 Å². The van der Waals surface area contributed by atoms with Crippen LogP contribution in [0.5, 0.6) is 0 Å². The minimum Gasteiger partial charge on any atom is -0.228 e. The number of aromatic nitrogens is 2. The molecular weight excluding hydrogens is 336 g/mol. The van der Waals surface area contributed by atoms with Crippen LogP contribution in [-0.2, 0) is 6.42 Å². The first kappa shape index (κ1) is 13.5. The van der Waals surface area contributed by atoms with Crippen LogP contribution in [0.2, 0.25) is 5.15 Å². The molecule has 0 saturated heterocycles. The number of aryl methyl sites for hydroxylation is 1. The fourth-order valence-corrected chi connectivity index (χ4v) is 2.67. The number of fused-ring (bicyclic) bond motifs is 1. The molecule has 0 aliphatic rings. The lowest BCUT2D eigenvalue weighted by atomic mass is 10.1. The third-order valence-electron chi connectivity index (χ3n) is 3.23. The van der Waals surface area contributed by atoms with Gasteiger partial charge in [-0.2, -0.15) is 0 Å². The van der Waals surface area contributed by atoms with Crippen molar-refractivity contribution < 1.29 is 0 Å². The normalized spacial score (nSPS) is 10.9. The Morgan fingerprint density at radius 2 is 1.80 bits per heavy atom. The topological polar surface area (TPSA) is 25.8 Å². The SMILES string of the molecule is CCc1ccc(-c2nc(Cl)c3cc(Br)ccc3n2)cc1. The summed E-state index contributed by atoms with van der Waals surface area (Å²) in [5, 5.41) is 1.33. The third kappa shape index (κ3) is 2.56. The van der Waals surface area contributed by atoms with Gasteiger partial charge in [0.25, 0.3) is 0 Å². The van der Waals surface area contributed by atoms with Gasteiger partial charge < -0.3 is 0 Å². The minimum atomic E-state index is 0.478. The average molecular weight is 348 g/mol. The number of hydrogen-bond donors (Lipinski definition) is 0. The van der Waals surface area contributed by atoms with Crippen molar-refractivity contribution in [3.63, 3.8) is 0 Å². The second-order valence-corrected chi connectivity index (χ2v) is 5.82. The zero-order valence-electron chi connectivity index (χ0n) is 10.9. The van der Waals surface area contributed by atoms with E-state index in [2.05, 4.69) is 45.0 Å².